The highest BCUT2D eigenvalue weighted by molar-refractivity contribution is 5.76. The largest absolute Gasteiger partial charge is 0.466 e. The number of carbonyl (C=O) groups is 2. The summed E-state index contributed by atoms with van der Waals surface area (Å²) in [6.45, 7) is 4.94. The van der Waals surface area contributed by atoms with Crippen LogP contribution in [0.15, 0.2) is 24.3 Å². The molecule has 2 unspecified atom stereocenters. The number of aliphatic hydroxyl groups excluding tert-OH is 2. The molecule has 0 bridgehead atoms. The Morgan fingerprint density at radius 3 is 1.03 bits per heavy atom. The molecule has 2 atom stereocenters. The van der Waals surface area contributed by atoms with Crippen LogP contribution in [0.25, 0.3) is 0 Å². The van der Waals surface area contributed by atoms with Gasteiger partial charge in [0.2, 0.25) is 5.91 Å². The lowest BCUT2D eigenvalue weighted by atomic mass is 10.0. The molecule has 0 aromatic rings. The zero-order valence-electron chi connectivity index (χ0n) is 47.3. The molecule has 0 spiro atoms. The van der Waals surface area contributed by atoms with E-state index < -0.39 is 12.1 Å². The fourth-order valence-corrected chi connectivity index (χ4v) is 9.87. The third kappa shape index (κ3) is 55.7. The summed E-state index contributed by atoms with van der Waals surface area (Å²) < 4.78 is 5.47. The van der Waals surface area contributed by atoms with E-state index in [1.165, 1.54) is 257 Å². The summed E-state index contributed by atoms with van der Waals surface area (Å²) >= 11 is 0. The minimum atomic E-state index is -0.674. The van der Waals surface area contributed by atoms with Gasteiger partial charge < -0.3 is 20.3 Å². The number of allylic oxidation sites excluding steroid dienone is 4. The second-order valence-electron chi connectivity index (χ2n) is 21.7. The molecule has 3 N–H and O–H groups in total. The number of hydrogen-bond acceptors (Lipinski definition) is 5. The smallest absolute Gasteiger partial charge is 0.305 e. The average Bonchev–Trinajstić information content (AvgIpc) is 3.36. The number of hydrogen-bond donors (Lipinski definition) is 3. The van der Waals surface area contributed by atoms with Gasteiger partial charge in [0.1, 0.15) is 0 Å². The molecule has 0 radical (unpaired) electrons. The molecule has 6 nitrogen and oxygen atoms in total. The van der Waals surface area contributed by atoms with E-state index in [4.69, 9.17) is 4.74 Å². The first-order chi connectivity index (χ1) is 34.5. The van der Waals surface area contributed by atoms with Crippen molar-refractivity contribution in [1.82, 2.24) is 5.32 Å². The van der Waals surface area contributed by atoms with Gasteiger partial charge in [0.05, 0.1) is 25.4 Å². The van der Waals surface area contributed by atoms with Crippen molar-refractivity contribution in [3.05, 3.63) is 24.3 Å². The molecule has 0 aliphatic heterocycles. The van der Waals surface area contributed by atoms with Gasteiger partial charge in [0.15, 0.2) is 0 Å². The van der Waals surface area contributed by atoms with E-state index in [-0.39, 0.29) is 18.5 Å². The molecule has 70 heavy (non-hydrogen) atoms. The van der Waals surface area contributed by atoms with Crippen molar-refractivity contribution >= 4 is 11.9 Å². The summed E-state index contributed by atoms with van der Waals surface area (Å²) in [5.74, 6) is -0.0517. The molecular weight excluding hydrogens is 863 g/mol. The Kier molecular flexibility index (Phi) is 58.5. The quantitative estimate of drug-likeness (QED) is 0.0321. The Hall–Kier alpha value is -1.66. The summed E-state index contributed by atoms with van der Waals surface area (Å²) in [7, 11) is 0. The highest BCUT2D eigenvalue weighted by atomic mass is 16.5. The van der Waals surface area contributed by atoms with Gasteiger partial charge in [0, 0.05) is 12.8 Å². The summed E-state index contributed by atoms with van der Waals surface area (Å²) in [5.41, 5.74) is 0. The second-order valence-corrected chi connectivity index (χ2v) is 21.7. The Morgan fingerprint density at radius 1 is 0.386 bits per heavy atom. The molecule has 0 fully saturated rings. The standard InChI is InChI=1S/C64H123NO5/c1-3-5-7-9-11-13-15-17-18-19-20-21-22-23-26-29-33-36-40-44-48-52-56-62(67)61(60-66)65-63(68)57-53-49-45-41-37-34-30-27-24-25-28-31-35-39-43-47-51-55-59-70-64(69)58-54-50-46-42-38-32-16-14-12-10-8-6-4-2/h14,16,27,30,61-62,66-67H,3-13,15,17-26,28-29,31-60H2,1-2H3,(H,65,68)/b16-14-,30-27-. The Labute approximate surface area is 437 Å². The van der Waals surface area contributed by atoms with E-state index in [2.05, 4.69) is 43.5 Å². The lowest BCUT2D eigenvalue weighted by molar-refractivity contribution is -0.143. The van der Waals surface area contributed by atoms with Crippen molar-refractivity contribution in [2.24, 2.45) is 0 Å². The average molecular weight is 987 g/mol. The lowest BCUT2D eigenvalue weighted by Crippen LogP contribution is -2.45. The first kappa shape index (κ1) is 68.3. The summed E-state index contributed by atoms with van der Waals surface area (Å²) in [4.78, 5) is 24.5. The molecule has 414 valence electrons. The number of esters is 1. The molecule has 1 amide bonds. The van der Waals surface area contributed by atoms with Gasteiger partial charge in [0.25, 0.3) is 0 Å². The van der Waals surface area contributed by atoms with Crippen LogP contribution < -0.4 is 5.32 Å². The maximum absolute atomic E-state index is 12.5. The van der Waals surface area contributed by atoms with E-state index in [0.717, 1.165) is 57.8 Å². The van der Waals surface area contributed by atoms with Gasteiger partial charge in [-0.25, -0.2) is 0 Å². The van der Waals surface area contributed by atoms with Crippen LogP contribution >= 0.6 is 0 Å². The summed E-state index contributed by atoms with van der Waals surface area (Å²) in [5, 5.41) is 23.4. The van der Waals surface area contributed by atoms with Crippen LogP contribution in [0.4, 0.5) is 0 Å². The molecular formula is C64H123NO5. The second kappa shape index (κ2) is 59.9. The van der Waals surface area contributed by atoms with Gasteiger partial charge in [-0.05, 0) is 77.0 Å². The van der Waals surface area contributed by atoms with Gasteiger partial charge in [-0.15, -0.1) is 0 Å². The van der Waals surface area contributed by atoms with Gasteiger partial charge in [-0.2, -0.15) is 0 Å². The molecule has 6 heteroatoms. The van der Waals surface area contributed by atoms with Crippen molar-refractivity contribution in [2.75, 3.05) is 13.2 Å². The Bertz CT molecular complexity index is 1090. The van der Waals surface area contributed by atoms with E-state index in [1.54, 1.807) is 0 Å². The highest BCUT2D eigenvalue weighted by Gasteiger charge is 2.20. The van der Waals surface area contributed by atoms with E-state index in [0.29, 0.717) is 25.9 Å². The normalized spacial score (nSPS) is 12.7. The van der Waals surface area contributed by atoms with Crippen LogP contribution in [0.2, 0.25) is 0 Å². The molecule has 0 aliphatic rings. The van der Waals surface area contributed by atoms with Crippen LogP contribution in [0, 0.1) is 0 Å². The number of rotatable bonds is 59. The summed E-state index contributed by atoms with van der Waals surface area (Å²) in [6, 6.07) is -0.553. The molecule has 0 aromatic carbocycles. The maximum atomic E-state index is 12.5. The Morgan fingerprint density at radius 2 is 0.671 bits per heavy atom. The topological polar surface area (TPSA) is 95.9 Å². The lowest BCUT2D eigenvalue weighted by Gasteiger charge is -2.22. The molecule has 0 rings (SSSR count). The SMILES string of the molecule is CCCCCC/C=C\CCCCCCCC(=O)OCCCCCCCCCCC/C=C\CCCCCCCC(=O)NC(CO)C(O)CCCCCCCCCCCCCCCCCCCCCCCC. The van der Waals surface area contributed by atoms with Crippen molar-refractivity contribution in [2.45, 2.75) is 360 Å². The first-order valence-electron chi connectivity index (χ1n) is 31.6. The van der Waals surface area contributed by atoms with Crippen LogP contribution in [0.5, 0.6) is 0 Å². The fraction of sp³-hybridized carbons (Fsp3) is 0.906. The van der Waals surface area contributed by atoms with E-state index >= 15 is 0 Å². The van der Waals surface area contributed by atoms with Crippen LogP contribution in [0.1, 0.15) is 348 Å². The van der Waals surface area contributed by atoms with Crippen molar-refractivity contribution in [3.63, 3.8) is 0 Å². The van der Waals surface area contributed by atoms with Crippen LogP contribution in [0.3, 0.4) is 0 Å². The van der Waals surface area contributed by atoms with E-state index in [1.807, 2.05) is 0 Å². The molecule has 0 aromatic heterocycles. The number of ether oxygens (including phenoxy) is 1. The third-order valence-corrected chi connectivity index (χ3v) is 14.7. The molecule has 0 saturated heterocycles. The monoisotopic (exact) mass is 986 g/mol. The molecule has 0 saturated carbocycles. The predicted octanol–water partition coefficient (Wildman–Crippen LogP) is 19.8. The van der Waals surface area contributed by atoms with Crippen LogP contribution in [-0.4, -0.2) is 47.4 Å². The number of aliphatic hydroxyl groups is 2. The number of unbranched alkanes of at least 4 members (excludes halogenated alkanes) is 44. The summed E-state index contributed by atoms with van der Waals surface area (Å²) in [6.07, 6.45) is 73.3. The van der Waals surface area contributed by atoms with Crippen molar-refractivity contribution < 1.29 is 24.5 Å². The van der Waals surface area contributed by atoms with E-state index in [9.17, 15) is 19.8 Å². The molecule has 0 aliphatic carbocycles. The van der Waals surface area contributed by atoms with Gasteiger partial charge in [-0.3, -0.25) is 9.59 Å². The maximum Gasteiger partial charge on any atom is 0.305 e. The predicted molar refractivity (Wildman–Crippen MR) is 306 cm³/mol. The highest BCUT2D eigenvalue weighted by Crippen LogP contribution is 2.18. The third-order valence-electron chi connectivity index (χ3n) is 14.7. The zero-order chi connectivity index (χ0) is 50.7. The minimum absolute atomic E-state index is 0.00563. The van der Waals surface area contributed by atoms with Crippen LogP contribution in [-0.2, 0) is 14.3 Å². The zero-order valence-corrected chi connectivity index (χ0v) is 47.3. The van der Waals surface area contributed by atoms with Gasteiger partial charge in [-0.1, -0.05) is 282 Å². The fourth-order valence-electron chi connectivity index (χ4n) is 9.87. The van der Waals surface area contributed by atoms with Crippen molar-refractivity contribution in [1.29, 1.82) is 0 Å². The number of nitrogens with one attached hydrogen (secondary N) is 1. The Balaban J connectivity index is 3.45. The number of amides is 1. The van der Waals surface area contributed by atoms with Gasteiger partial charge >= 0.3 is 5.97 Å². The van der Waals surface area contributed by atoms with Crippen molar-refractivity contribution in [3.8, 4) is 0 Å². The molecule has 0 heterocycles. The number of carbonyl (C=O) groups excluding carboxylic acids is 2. The minimum Gasteiger partial charge on any atom is -0.466 e. The first-order valence-corrected chi connectivity index (χ1v) is 31.6.